The van der Waals surface area contributed by atoms with Gasteiger partial charge in [0.15, 0.2) is 0 Å². The molecular formula is C19H21N5O2. The Labute approximate surface area is 151 Å². The van der Waals surface area contributed by atoms with Gasteiger partial charge in [-0.25, -0.2) is 9.97 Å². The monoisotopic (exact) mass is 351 g/mol. The van der Waals surface area contributed by atoms with Gasteiger partial charge >= 0.3 is 0 Å². The second kappa shape index (κ2) is 6.67. The number of carbonyl (C=O) groups is 1. The van der Waals surface area contributed by atoms with Crippen molar-refractivity contribution in [2.24, 2.45) is 0 Å². The number of nitrogens with one attached hydrogen (secondary N) is 1. The van der Waals surface area contributed by atoms with Crippen LogP contribution in [0.3, 0.4) is 0 Å². The lowest BCUT2D eigenvalue weighted by molar-refractivity contribution is 0.0773. The zero-order chi connectivity index (χ0) is 18.1. The van der Waals surface area contributed by atoms with E-state index < -0.39 is 0 Å². The summed E-state index contributed by atoms with van der Waals surface area (Å²) in [6.45, 7) is 1.23. The van der Waals surface area contributed by atoms with Crippen LogP contribution >= 0.6 is 0 Å². The van der Waals surface area contributed by atoms with Crippen LogP contribution in [-0.2, 0) is 0 Å². The van der Waals surface area contributed by atoms with Gasteiger partial charge in [-0.1, -0.05) is 6.07 Å². The van der Waals surface area contributed by atoms with E-state index in [0.29, 0.717) is 19.0 Å². The Kier molecular flexibility index (Phi) is 4.20. The van der Waals surface area contributed by atoms with E-state index in [4.69, 9.17) is 4.74 Å². The fourth-order valence-corrected chi connectivity index (χ4v) is 3.26. The average Bonchev–Trinajstić information content (AvgIpc) is 3.30. The van der Waals surface area contributed by atoms with Gasteiger partial charge in [-0.05, 0) is 18.2 Å². The van der Waals surface area contributed by atoms with Gasteiger partial charge in [0.25, 0.3) is 5.91 Å². The molecule has 7 nitrogen and oxygen atoms in total. The molecule has 0 aliphatic carbocycles. The number of anilines is 1. The van der Waals surface area contributed by atoms with Crippen LogP contribution in [0.2, 0.25) is 0 Å². The molecule has 2 aromatic heterocycles. The number of amides is 1. The molecule has 0 spiro atoms. The summed E-state index contributed by atoms with van der Waals surface area (Å²) in [5.41, 5.74) is 1.70. The highest BCUT2D eigenvalue weighted by molar-refractivity contribution is 6.06. The predicted molar refractivity (Wildman–Crippen MR) is 99.6 cm³/mol. The van der Waals surface area contributed by atoms with Crippen molar-refractivity contribution in [1.29, 1.82) is 0 Å². The van der Waals surface area contributed by atoms with E-state index in [-0.39, 0.29) is 12.0 Å². The topological polar surface area (TPSA) is 74.3 Å². The molecular weight excluding hydrogens is 330 g/mol. The van der Waals surface area contributed by atoms with Gasteiger partial charge in [-0.3, -0.25) is 4.79 Å². The molecule has 1 amide bonds. The van der Waals surface area contributed by atoms with Crippen molar-refractivity contribution in [3.8, 4) is 5.88 Å². The van der Waals surface area contributed by atoms with Crippen molar-refractivity contribution < 1.29 is 9.53 Å². The first-order valence-electron chi connectivity index (χ1n) is 8.63. The fraction of sp³-hybridized carbons (Fsp3) is 0.316. The molecule has 0 radical (unpaired) electrons. The number of ether oxygens (including phenoxy) is 1. The van der Waals surface area contributed by atoms with Gasteiger partial charge in [-0.15, -0.1) is 0 Å². The van der Waals surface area contributed by atoms with E-state index in [1.807, 2.05) is 60.4 Å². The lowest BCUT2D eigenvalue weighted by Crippen LogP contribution is -2.31. The number of hydrogen-bond acceptors (Lipinski definition) is 5. The number of aromatic amines is 1. The second-order valence-electron chi connectivity index (χ2n) is 6.63. The predicted octanol–water partition coefficient (Wildman–Crippen LogP) is 2.32. The van der Waals surface area contributed by atoms with Crippen LogP contribution in [-0.4, -0.2) is 59.0 Å². The Bertz CT molecular complexity index is 936. The molecule has 0 saturated carbocycles. The molecule has 1 saturated heterocycles. The largest absolute Gasteiger partial charge is 0.472 e. The van der Waals surface area contributed by atoms with Crippen LogP contribution in [0.5, 0.6) is 5.88 Å². The minimum absolute atomic E-state index is 0.0398. The van der Waals surface area contributed by atoms with Gasteiger partial charge in [0.05, 0.1) is 6.54 Å². The molecule has 1 aromatic carbocycles. The number of aromatic nitrogens is 3. The van der Waals surface area contributed by atoms with Crippen molar-refractivity contribution in [3.63, 3.8) is 0 Å². The third-order valence-electron chi connectivity index (χ3n) is 4.63. The summed E-state index contributed by atoms with van der Waals surface area (Å²) in [4.78, 5) is 28.2. The second-order valence-corrected chi connectivity index (χ2v) is 6.63. The van der Waals surface area contributed by atoms with Gasteiger partial charge in [0.1, 0.15) is 18.2 Å². The van der Waals surface area contributed by atoms with E-state index >= 15 is 0 Å². The number of hydrogen-bond donors (Lipinski definition) is 1. The Morgan fingerprint density at radius 2 is 2.19 bits per heavy atom. The van der Waals surface area contributed by atoms with Crippen LogP contribution in [0.4, 0.5) is 5.82 Å². The van der Waals surface area contributed by atoms with Crippen molar-refractivity contribution >= 4 is 22.6 Å². The number of likely N-dealkylation sites (tertiary alicyclic amines) is 1. The first-order chi connectivity index (χ1) is 12.6. The SMILES string of the molecule is CN(C)c1cc(O[C@@H]2CCN(C(=O)c3cccc4[nH]ccc34)C2)ncn1. The van der Waals surface area contributed by atoms with Gasteiger partial charge in [0.2, 0.25) is 5.88 Å². The van der Waals surface area contributed by atoms with E-state index in [2.05, 4.69) is 15.0 Å². The molecule has 4 rings (SSSR count). The Morgan fingerprint density at radius 3 is 3.04 bits per heavy atom. The van der Waals surface area contributed by atoms with Gasteiger partial charge in [-0.2, -0.15) is 0 Å². The summed E-state index contributed by atoms with van der Waals surface area (Å²) in [6, 6.07) is 9.50. The maximum Gasteiger partial charge on any atom is 0.254 e. The standard InChI is InChI=1S/C19H21N5O2/c1-23(2)17-10-18(22-12-21-17)26-13-7-9-24(11-13)19(25)15-4-3-5-16-14(15)6-8-20-16/h3-6,8,10,12-13,20H,7,9,11H2,1-2H3/t13-/m1/s1. The van der Waals surface area contributed by atoms with Crippen molar-refractivity contribution in [1.82, 2.24) is 19.9 Å². The Morgan fingerprint density at radius 1 is 1.31 bits per heavy atom. The Hall–Kier alpha value is -3.09. The maximum atomic E-state index is 12.9. The number of benzene rings is 1. The van der Waals surface area contributed by atoms with Gasteiger partial charge in [0, 0.05) is 55.8 Å². The minimum atomic E-state index is -0.0608. The van der Waals surface area contributed by atoms with Crippen LogP contribution in [0.15, 0.2) is 42.9 Å². The van der Waals surface area contributed by atoms with E-state index in [9.17, 15) is 4.79 Å². The van der Waals surface area contributed by atoms with Crippen LogP contribution in [0.1, 0.15) is 16.8 Å². The maximum absolute atomic E-state index is 12.9. The van der Waals surface area contributed by atoms with Crippen molar-refractivity contribution in [2.75, 3.05) is 32.1 Å². The summed E-state index contributed by atoms with van der Waals surface area (Å²) in [5.74, 6) is 1.37. The molecule has 134 valence electrons. The zero-order valence-corrected chi connectivity index (χ0v) is 14.8. The molecule has 0 bridgehead atoms. The average molecular weight is 351 g/mol. The lowest BCUT2D eigenvalue weighted by atomic mass is 10.1. The zero-order valence-electron chi connectivity index (χ0n) is 14.8. The van der Waals surface area contributed by atoms with E-state index in [1.54, 1.807) is 0 Å². The number of fused-ring (bicyclic) bond motifs is 1. The fourth-order valence-electron chi connectivity index (χ4n) is 3.26. The Balaban J connectivity index is 1.46. The summed E-state index contributed by atoms with van der Waals surface area (Å²) < 4.78 is 5.98. The normalized spacial score (nSPS) is 16.8. The smallest absolute Gasteiger partial charge is 0.254 e. The van der Waals surface area contributed by atoms with Crippen molar-refractivity contribution in [2.45, 2.75) is 12.5 Å². The molecule has 3 aromatic rings. The van der Waals surface area contributed by atoms with E-state index in [0.717, 1.165) is 28.7 Å². The molecule has 1 N–H and O–H groups in total. The third kappa shape index (κ3) is 3.08. The summed E-state index contributed by atoms with van der Waals surface area (Å²) >= 11 is 0. The van der Waals surface area contributed by atoms with Crippen molar-refractivity contribution in [3.05, 3.63) is 48.4 Å². The molecule has 1 fully saturated rings. The summed E-state index contributed by atoms with van der Waals surface area (Å²) in [5, 5.41) is 0.952. The minimum Gasteiger partial charge on any atom is -0.472 e. The highest BCUT2D eigenvalue weighted by Crippen LogP contribution is 2.23. The van der Waals surface area contributed by atoms with Gasteiger partial charge < -0.3 is 19.5 Å². The van der Waals surface area contributed by atoms with Crippen LogP contribution < -0.4 is 9.64 Å². The first-order valence-corrected chi connectivity index (χ1v) is 8.63. The lowest BCUT2D eigenvalue weighted by Gasteiger charge is -2.18. The van der Waals surface area contributed by atoms with Crippen LogP contribution in [0.25, 0.3) is 10.9 Å². The summed E-state index contributed by atoms with van der Waals surface area (Å²) in [6.07, 6.45) is 4.08. The third-order valence-corrected chi connectivity index (χ3v) is 4.63. The molecule has 26 heavy (non-hydrogen) atoms. The molecule has 7 heteroatoms. The van der Waals surface area contributed by atoms with E-state index in [1.165, 1.54) is 6.33 Å². The summed E-state index contributed by atoms with van der Waals surface area (Å²) in [7, 11) is 3.84. The molecule has 1 aliphatic rings. The quantitative estimate of drug-likeness (QED) is 0.781. The molecule has 0 unspecified atom stereocenters. The number of carbonyl (C=O) groups excluding carboxylic acids is 1. The van der Waals surface area contributed by atoms with Crippen LogP contribution in [0, 0.1) is 0 Å². The molecule has 1 atom stereocenters. The number of nitrogens with zero attached hydrogens (tertiary/aromatic N) is 4. The first kappa shape index (κ1) is 16.4. The highest BCUT2D eigenvalue weighted by atomic mass is 16.5. The number of rotatable bonds is 4. The highest BCUT2D eigenvalue weighted by Gasteiger charge is 2.29. The molecule has 1 aliphatic heterocycles. The molecule has 3 heterocycles. The number of H-pyrrole nitrogens is 1.